The molecule has 2 aromatic carbocycles. The molecule has 0 aliphatic rings. The topological polar surface area (TPSA) is 59.3 Å². The van der Waals surface area contributed by atoms with Crippen molar-refractivity contribution in [2.75, 3.05) is 5.75 Å². The van der Waals surface area contributed by atoms with E-state index in [0.717, 1.165) is 26.8 Å². The zero-order valence-electron chi connectivity index (χ0n) is 16.8. The van der Waals surface area contributed by atoms with Crippen molar-refractivity contribution in [1.82, 2.24) is 15.0 Å². The van der Waals surface area contributed by atoms with Crippen LogP contribution < -0.4 is 5.43 Å². The predicted octanol–water partition coefficient (Wildman–Crippen LogP) is 5.09. The van der Waals surface area contributed by atoms with Crippen molar-refractivity contribution in [3.05, 3.63) is 82.0 Å². The predicted molar refractivity (Wildman–Crippen MR) is 125 cm³/mol. The maximum atomic E-state index is 12.3. The number of hydrogen-bond acceptors (Lipinski definition) is 5. The number of nitrogens with zero attached hydrogens (tertiary/aromatic N) is 3. The van der Waals surface area contributed by atoms with E-state index in [1.54, 1.807) is 11.3 Å². The first-order valence-corrected chi connectivity index (χ1v) is 11.5. The van der Waals surface area contributed by atoms with E-state index in [4.69, 9.17) is 4.98 Å². The molecule has 5 nitrogen and oxygen atoms in total. The Hall–Kier alpha value is -2.90. The summed E-state index contributed by atoms with van der Waals surface area (Å²) < 4.78 is 2.16. The lowest BCUT2D eigenvalue weighted by Crippen LogP contribution is -2.21. The zero-order valence-corrected chi connectivity index (χ0v) is 18.5. The van der Waals surface area contributed by atoms with E-state index in [1.165, 1.54) is 22.9 Å². The van der Waals surface area contributed by atoms with Gasteiger partial charge in [-0.3, -0.25) is 4.79 Å². The van der Waals surface area contributed by atoms with Gasteiger partial charge < -0.3 is 4.57 Å². The smallest absolute Gasteiger partial charge is 0.250 e. The van der Waals surface area contributed by atoms with Gasteiger partial charge >= 0.3 is 0 Å². The van der Waals surface area contributed by atoms with Gasteiger partial charge in [0, 0.05) is 4.88 Å². The molecule has 7 heteroatoms. The number of thiophene rings is 1. The normalized spacial score (nSPS) is 11.7. The quantitative estimate of drug-likeness (QED) is 0.250. The van der Waals surface area contributed by atoms with Gasteiger partial charge in [-0.2, -0.15) is 5.10 Å². The number of imidazole rings is 1. The summed E-state index contributed by atoms with van der Waals surface area (Å²) in [6, 6.07) is 20.5. The van der Waals surface area contributed by atoms with E-state index in [2.05, 4.69) is 52.3 Å². The second kappa shape index (κ2) is 9.28. The number of amides is 1. The SMILES string of the molecule is C/C(=N/NC(=O)CSc1nc2ccccc2n1Cc1ccc(C)cc1)c1cccs1. The standard InChI is InChI=1S/C23H22N4OS2/c1-16-9-11-18(12-10-16)14-27-20-7-4-3-6-19(20)24-23(27)30-15-22(28)26-25-17(2)21-8-5-13-29-21/h3-13H,14-15H2,1-2H3,(H,26,28)/b25-17-. The van der Waals surface area contributed by atoms with Gasteiger partial charge in [0.25, 0.3) is 5.91 Å². The minimum Gasteiger partial charge on any atom is -0.314 e. The largest absolute Gasteiger partial charge is 0.314 e. The van der Waals surface area contributed by atoms with Crippen molar-refractivity contribution in [2.45, 2.75) is 25.5 Å². The Morgan fingerprint density at radius 1 is 1.13 bits per heavy atom. The van der Waals surface area contributed by atoms with Crippen LogP contribution in [0.25, 0.3) is 11.0 Å². The second-order valence-corrected chi connectivity index (χ2v) is 8.84. The van der Waals surface area contributed by atoms with E-state index in [9.17, 15) is 4.79 Å². The maximum absolute atomic E-state index is 12.3. The average Bonchev–Trinajstić information content (AvgIpc) is 3.41. The molecule has 0 fully saturated rings. The van der Waals surface area contributed by atoms with Gasteiger partial charge in [0.05, 0.1) is 29.0 Å². The van der Waals surface area contributed by atoms with Crippen molar-refractivity contribution in [1.29, 1.82) is 0 Å². The fourth-order valence-electron chi connectivity index (χ4n) is 3.04. The number of hydrogen-bond donors (Lipinski definition) is 1. The molecule has 0 aliphatic carbocycles. The first-order chi connectivity index (χ1) is 14.6. The number of aryl methyl sites for hydroxylation is 1. The Morgan fingerprint density at radius 2 is 1.93 bits per heavy atom. The molecule has 0 bridgehead atoms. The molecule has 2 aromatic heterocycles. The first-order valence-electron chi connectivity index (χ1n) is 9.61. The van der Waals surface area contributed by atoms with Crippen molar-refractivity contribution in [2.24, 2.45) is 5.10 Å². The van der Waals surface area contributed by atoms with E-state index in [0.29, 0.717) is 6.54 Å². The molecule has 0 aliphatic heterocycles. The molecule has 2 heterocycles. The van der Waals surface area contributed by atoms with Gasteiger partial charge in [-0.1, -0.05) is 59.8 Å². The van der Waals surface area contributed by atoms with E-state index < -0.39 is 0 Å². The van der Waals surface area contributed by atoms with Crippen LogP contribution in [0.4, 0.5) is 0 Å². The van der Waals surface area contributed by atoms with Crippen LogP contribution in [-0.4, -0.2) is 26.9 Å². The van der Waals surface area contributed by atoms with Crippen LogP contribution in [0.1, 0.15) is 22.9 Å². The fourth-order valence-corrected chi connectivity index (χ4v) is 4.52. The molecule has 4 rings (SSSR count). The molecule has 0 unspecified atom stereocenters. The minimum absolute atomic E-state index is 0.148. The van der Waals surface area contributed by atoms with Gasteiger partial charge in [-0.05, 0) is 43.0 Å². The van der Waals surface area contributed by atoms with Crippen molar-refractivity contribution < 1.29 is 4.79 Å². The van der Waals surface area contributed by atoms with Crippen LogP contribution in [0.3, 0.4) is 0 Å². The molecule has 152 valence electrons. The summed E-state index contributed by atoms with van der Waals surface area (Å²) in [7, 11) is 0. The van der Waals surface area contributed by atoms with Crippen LogP contribution in [0, 0.1) is 6.92 Å². The highest BCUT2D eigenvalue weighted by atomic mass is 32.2. The Balaban J connectivity index is 1.48. The lowest BCUT2D eigenvalue weighted by Gasteiger charge is -2.09. The number of rotatable bonds is 7. The first kappa shape index (κ1) is 20.4. The van der Waals surface area contributed by atoms with Crippen LogP contribution in [0.2, 0.25) is 0 Å². The molecule has 0 saturated carbocycles. The van der Waals surface area contributed by atoms with E-state index in [-0.39, 0.29) is 11.7 Å². The molecule has 4 aromatic rings. The van der Waals surface area contributed by atoms with Crippen LogP contribution >= 0.6 is 23.1 Å². The highest BCUT2D eigenvalue weighted by molar-refractivity contribution is 7.99. The number of aromatic nitrogens is 2. The van der Waals surface area contributed by atoms with Crippen LogP contribution in [0.15, 0.2) is 76.3 Å². The molecular formula is C23H22N4OS2. The molecule has 1 N–H and O–H groups in total. The zero-order chi connectivity index (χ0) is 20.9. The van der Waals surface area contributed by atoms with Gasteiger partial charge in [0.1, 0.15) is 0 Å². The summed E-state index contributed by atoms with van der Waals surface area (Å²) in [6.07, 6.45) is 0. The number of nitrogens with one attached hydrogen (secondary N) is 1. The average molecular weight is 435 g/mol. The number of thioether (sulfide) groups is 1. The third-order valence-electron chi connectivity index (χ3n) is 4.64. The lowest BCUT2D eigenvalue weighted by molar-refractivity contribution is -0.118. The molecule has 0 radical (unpaired) electrons. The Kier molecular flexibility index (Phi) is 6.30. The Labute approximate surface area is 183 Å². The summed E-state index contributed by atoms with van der Waals surface area (Å²) in [6.45, 7) is 4.68. The molecule has 0 saturated heterocycles. The Morgan fingerprint density at radius 3 is 2.70 bits per heavy atom. The monoisotopic (exact) mass is 434 g/mol. The molecule has 0 atom stereocenters. The highest BCUT2D eigenvalue weighted by Gasteiger charge is 2.13. The van der Waals surface area contributed by atoms with Gasteiger partial charge in [-0.15, -0.1) is 11.3 Å². The molecule has 0 spiro atoms. The number of carbonyl (C=O) groups excluding carboxylic acids is 1. The van der Waals surface area contributed by atoms with Crippen molar-refractivity contribution in [3.63, 3.8) is 0 Å². The number of carbonyl (C=O) groups is 1. The molecule has 1 amide bonds. The second-order valence-electron chi connectivity index (χ2n) is 6.95. The lowest BCUT2D eigenvalue weighted by atomic mass is 10.1. The van der Waals surface area contributed by atoms with E-state index >= 15 is 0 Å². The molecule has 30 heavy (non-hydrogen) atoms. The number of hydrazone groups is 1. The highest BCUT2D eigenvalue weighted by Crippen LogP contribution is 2.25. The van der Waals surface area contributed by atoms with Crippen LogP contribution in [0.5, 0.6) is 0 Å². The van der Waals surface area contributed by atoms with E-state index in [1.807, 2.05) is 42.6 Å². The van der Waals surface area contributed by atoms with Gasteiger partial charge in [-0.25, -0.2) is 10.4 Å². The minimum atomic E-state index is -0.148. The van der Waals surface area contributed by atoms with Crippen molar-refractivity contribution >= 4 is 45.8 Å². The summed E-state index contributed by atoms with van der Waals surface area (Å²) >= 11 is 3.02. The summed E-state index contributed by atoms with van der Waals surface area (Å²) in [4.78, 5) is 18.1. The number of para-hydroxylation sites is 2. The Bertz CT molecular complexity index is 1180. The third kappa shape index (κ3) is 4.80. The fraction of sp³-hybridized carbons (Fsp3) is 0.174. The van der Waals surface area contributed by atoms with Crippen LogP contribution in [-0.2, 0) is 11.3 Å². The summed E-state index contributed by atoms with van der Waals surface area (Å²) in [5, 5.41) is 7.02. The number of benzene rings is 2. The summed E-state index contributed by atoms with van der Waals surface area (Å²) in [5.41, 5.74) is 7.88. The van der Waals surface area contributed by atoms with Gasteiger partial charge in [0.15, 0.2) is 5.16 Å². The molecular weight excluding hydrogens is 412 g/mol. The maximum Gasteiger partial charge on any atom is 0.250 e. The number of fused-ring (bicyclic) bond motifs is 1. The third-order valence-corrected chi connectivity index (χ3v) is 6.59. The van der Waals surface area contributed by atoms with Gasteiger partial charge in [0.2, 0.25) is 0 Å². The summed E-state index contributed by atoms with van der Waals surface area (Å²) in [5.74, 6) is 0.100. The van der Waals surface area contributed by atoms with Crippen molar-refractivity contribution in [3.8, 4) is 0 Å².